The third kappa shape index (κ3) is 2.88. The number of aromatic nitrogens is 4. The van der Waals surface area contributed by atoms with Crippen molar-refractivity contribution in [3.8, 4) is 0 Å². The molecule has 1 amide bonds. The third-order valence-corrected chi connectivity index (χ3v) is 3.88. The summed E-state index contributed by atoms with van der Waals surface area (Å²) in [6.45, 7) is 3.19. The molecule has 2 heterocycles. The lowest BCUT2D eigenvalue weighted by Crippen LogP contribution is -2.28. The van der Waals surface area contributed by atoms with E-state index < -0.39 is 0 Å². The largest absolute Gasteiger partial charge is 0.334 e. The summed E-state index contributed by atoms with van der Waals surface area (Å²) < 4.78 is 4.17. The van der Waals surface area contributed by atoms with E-state index >= 15 is 0 Å². The van der Waals surface area contributed by atoms with E-state index in [0.29, 0.717) is 17.3 Å². The van der Waals surface area contributed by atoms with Crippen LogP contribution in [0.25, 0.3) is 0 Å². The fourth-order valence-electron chi connectivity index (χ4n) is 1.83. The number of amides is 1. The van der Waals surface area contributed by atoms with E-state index in [0.717, 1.165) is 16.7 Å². The molecule has 2 aromatic rings. The molecule has 0 N–H and O–H groups in total. The van der Waals surface area contributed by atoms with Gasteiger partial charge in [-0.2, -0.15) is 10.2 Å². The molecule has 0 unspecified atom stereocenters. The molecule has 0 saturated heterocycles. The molecule has 6 nitrogen and oxygen atoms in total. The number of hydrogen-bond donors (Lipinski definition) is 0. The summed E-state index contributed by atoms with van der Waals surface area (Å²) >= 11 is 9.43. The minimum atomic E-state index is -0.187. The van der Waals surface area contributed by atoms with Crippen LogP contribution in [0, 0.1) is 0 Å². The van der Waals surface area contributed by atoms with Crippen LogP contribution in [0.4, 0.5) is 0 Å². The Morgan fingerprint density at radius 3 is 2.75 bits per heavy atom. The van der Waals surface area contributed by atoms with Crippen molar-refractivity contribution in [3.05, 3.63) is 33.3 Å². The fourth-order valence-corrected chi connectivity index (χ4v) is 2.52. The van der Waals surface area contributed by atoms with Crippen molar-refractivity contribution in [1.82, 2.24) is 24.5 Å². The maximum atomic E-state index is 12.4. The molecule has 8 heteroatoms. The zero-order chi connectivity index (χ0) is 14.9. The predicted molar refractivity (Wildman–Crippen MR) is 79.6 cm³/mol. The van der Waals surface area contributed by atoms with Gasteiger partial charge in [0.05, 0.1) is 27.9 Å². The Bertz CT molecular complexity index is 616. The molecular formula is C12H15BrClN5O. The molecule has 0 bridgehead atoms. The second-order valence-corrected chi connectivity index (χ2v) is 5.67. The second-order valence-electron chi connectivity index (χ2n) is 4.41. The average Bonchev–Trinajstić information content (AvgIpc) is 2.92. The van der Waals surface area contributed by atoms with Gasteiger partial charge in [-0.15, -0.1) is 0 Å². The van der Waals surface area contributed by atoms with Crippen LogP contribution in [-0.4, -0.2) is 37.4 Å². The van der Waals surface area contributed by atoms with Gasteiger partial charge in [0.2, 0.25) is 0 Å². The van der Waals surface area contributed by atoms with Crippen LogP contribution in [-0.2, 0) is 20.1 Å². The third-order valence-electron chi connectivity index (χ3n) is 2.94. The predicted octanol–water partition coefficient (Wildman–Crippen LogP) is 2.32. The van der Waals surface area contributed by atoms with Gasteiger partial charge in [0.15, 0.2) is 0 Å². The minimum Gasteiger partial charge on any atom is -0.334 e. The van der Waals surface area contributed by atoms with Crippen LogP contribution in [0.2, 0.25) is 5.02 Å². The Morgan fingerprint density at radius 2 is 2.25 bits per heavy atom. The van der Waals surface area contributed by atoms with Crippen LogP contribution >= 0.6 is 27.5 Å². The highest BCUT2D eigenvalue weighted by Crippen LogP contribution is 2.19. The number of rotatable bonds is 4. The minimum absolute atomic E-state index is 0.187. The lowest BCUT2D eigenvalue weighted by atomic mass is 10.3. The maximum absolute atomic E-state index is 12.4. The topological polar surface area (TPSA) is 56.0 Å². The second kappa shape index (κ2) is 5.97. The summed E-state index contributed by atoms with van der Waals surface area (Å²) in [6.07, 6.45) is 3.36. The molecule has 0 fully saturated rings. The molecule has 0 aliphatic heterocycles. The first kappa shape index (κ1) is 15.1. The average molecular weight is 361 g/mol. The lowest BCUT2D eigenvalue weighted by molar-refractivity contribution is 0.0772. The van der Waals surface area contributed by atoms with Crippen molar-refractivity contribution in [2.24, 2.45) is 7.05 Å². The van der Waals surface area contributed by atoms with Crippen LogP contribution in [0.1, 0.15) is 23.1 Å². The van der Waals surface area contributed by atoms with Crippen molar-refractivity contribution >= 4 is 33.4 Å². The summed E-state index contributed by atoms with van der Waals surface area (Å²) in [6, 6.07) is 0. The molecule has 0 aliphatic rings. The summed E-state index contributed by atoms with van der Waals surface area (Å²) in [7, 11) is 3.40. The molecule has 0 saturated carbocycles. The number of nitrogens with zero attached hydrogens (tertiary/aromatic N) is 5. The van der Waals surface area contributed by atoms with Gasteiger partial charge in [-0.25, -0.2) is 0 Å². The van der Waals surface area contributed by atoms with Crippen LogP contribution in [0.3, 0.4) is 0 Å². The summed E-state index contributed by atoms with van der Waals surface area (Å²) in [5.41, 5.74) is 1.18. The highest BCUT2D eigenvalue weighted by atomic mass is 79.9. The highest BCUT2D eigenvalue weighted by Gasteiger charge is 2.21. The van der Waals surface area contributed by atoms with Crippen molar-refractivity contribution in [1.29, 1.82) is 0 Å². The van der Waals surface area contributed by atoms with Crippen molar-refractivity contribution in [2.75, 3.05) is 7.05 Å². The standard InChI is InChI=1S/C12H15BrClN5O/c1-4-19-6-8(13)10(16-19)7-17(2)12(20)11-9(14)5-15-18(11)3/h5-6H,4,7H2,1-3H3. The SMILES string of the molecule is CCn1cc(Br)c(CN(C)C(=O)c2c(Cl)cnn2C)n1. The van der Waals surface area contributed by atoms with Crippen LogP contribution < -0.4 is 0 Å². The number of aryl methyl sites for hydroxylation is 2. The normalized spacial score (nSPS) is 10.8. The Labute approximate surface area is 130 Å². The first-order valence-corrected chi connectivity index (χ1v) is 7.26. The molecule has 108 valence electrons. The summed E-state index contributed by atoms with van der Waals surface area (Å²) in [5.74, 6) is -0.187. The molecule has 0 radical (unpaired) electrons. The molecule has 0 aliphatic carbocycles. The molecule has 2 rings (SSSR count). The van der Waals surface area contributed by atoms with Gasteiger partial charge in [0.1, 0.15) is 5.69 Å². The van der Waals surface area contributed by atoms with E-state index in [1.165, 1.54) is 10.9 Å². The van der Waals surface area contributed by atoms with Gasteiger partial charge in [0.25, 0.3) is 5.91 Å². The van der Waals surface area contributed by atoms with Crippen LogP contribution in [0.15, 0.2) is 16.9 Å². The van der Waals surface area contributed by atoms with Gasteiger partial charge in [-0.1, -0.05) is 11.6 Å². The maximum Gasteiger partial charge on any atom is 0.273 e. The first-order valence-electron chi connectivity index (χ1n) is 6.08. The van der Waals surface area contributed by atoms with Crippen molar-refractivity contribution < 1.29 is 4.79 Å². The first-order chi connectivity index (χ1) is 9.43. The van der Waals surface area contributed by atoms with Gasteiger partial charge >= 0.3 is 0 Å². The van der Waals surface area contributed by atoms with Crippen LogP contribution in [0.5, 0.6) is 0 Å². The molecular weight excluding hydrogens is 346 g/mol. The number of halogens is 2. The Hall–Kier alpha value is -1.34. The fraction of sp³-hybridized carbons (Fsp3) is 0.417. The van der Waals surface area contributed by atoms with Gasteiger partial charge < -0.3 is 4.90 Å². The van der Waals surface area contributed by atoms with Crippen molar-refractivity contribution in [2.45, 2.75) is 20.0 Å². The van der Waals surface area contributed by atoms with Gasteiger partial charge in [0, 0.05) is 26.8 Å². The zero-order valence-electron chi connectivity index (χ0n) is 11.5. The van der Waals surface area contributed by atoms with E-state index in [9.17, 15) is 4.79 Å². The zero-order valence-corrected chi connectivity index (χ0v) is 13.8. The van der Waals surface area contributed by atoms with Gasteiger partial charge in [-0.3, -0.25) is 14.2 Å². The van der Waals surface area contributed by atoms with Gasteiger partial charge in [-0.05, 0) is 22.9 Å². The van der Waals surface area contributed by atoms with E-state index in [4.69, 9.17) is 11.6 Å². The number of hydrogen-bond acceptors (Lipinski definition) is 3. The van der Waals surface area contributed by atoms with E-state index in [1.54, 1.807) is 19.0 Å². The molecule has 0 atom stereocenters. The molecule has 0 spiro atoms. The Balaban J connectivity index is 2.17. The van der Waals surface area contributed by atoms with E-state index in [-0.39, 0.29) is 5.91 Å². The number of carbonyl (C=O) groups excluding carboxylic acids is 1. The Kier molecular flexibility index (Phi) is 4.49. The lowest BCUT2D eigenvalue weighted by Gasteiger charge is -2.16. The molecule has 20 heavy (non-hydrogen) atoms. The van der Waals surface area contributed by atoms with E-state index in [1.807, 2.05) is 17.8 Å². The smallest absolute Gasteiger partial charge is 0.273 e. The van der Waals surface area contributed by atoms with E-state index in [2.05, 4.69) is 26.1 Å². The Morgan fingerprint density at radius 1 is 1.55 bits per heavy atom. The molecule has 0 aromatic carbocycles. The highest BCUT2D eigenvalue weighted by molar-refractivity contribution is 9.10. The molecule has 2 aromatic heterocycles. The quantitative estimate of drug-likeness (QED) is 0.841. The summed E-state index contributed by atoms with van der Waals surface area (Å²) in [4.78, 5) is 13.9. The monoisotopic (exact) mass is 359 g/mol. The van der Waals surface area contributed by atoms with Crippen molar-refractivity contribution in [3.63, 3.8) is 0 Å². The summed E-state index contributed by atoms with van der Waals surface area (Å²) in [5, 5.41) is 8.72. The number of carbonyl (C=O) groups is 1.